The van der Waals surface area contributed by atoms with Crippen molar-refractivity contribution in [2.75, 3.05) is 19.6 Å². The smallest absolute Gasteiger partial charge is 0.242 e. The molecule has 4 aliphatic heterocycles. The maximum atomic E-state index is 12.6. The Morgan fingerprint density at radius 1 is 1.17 bits per heavy atom. The third-order valence-electron chi connectivity index (χ3n) is 6.33. The lowest BCUT2D eigenvalue weighted by atomic mass is 9.79. The van der Waals surface area contributed by atoms with E-state index in [4.69, 9.17) is 10.5 Å². The standard InChI is InChI=1S/C17H25N3O4/c1-17(2)8-19(6-5-11(17)18)12(21)7-20-15(22)13-9-3-4-10(24-9)14(13)16(20)23/h9-11,13-14H,3-8,18H2,1-2H3. The first kappa shape index (κ1) is 16.0. The number of imide groups is 1. The van der Waals surface area contributed by atoms with Gasteiger partial charge in [-0.3, -0.25) is 19.3 Å². The number of piperidine rings is 1. The van der Waals surface area contributed by atoms with Crippen LogP contribution in [0.3, 0.4) is 0 Å². The van der Waals surface area contributed by atoms with E-state index in [1.165, 1.54) is 4.90 Å². The fourth-order valence-corrected chi connectivity index (χ4v) is 4.75. The summed E-state index contributed by atoms with van der Waals surface area (Å²) in [6.45, 7) is 5.09. The van der Waals surface area contributed by atoms with E-state index in [0.717, 1.165) is 19.3 Å². The summed E-state index contributed by atoms with van der Waals surface area (Å²) < 4.78 is 5.71. The molecule has 7 heteroatoms. The van der Waals surface area contributed by atoms with Gasteiger partial charge in [0.25, 0.3) is 0 Å². The molecule has 0 aliphatic carbocycles. The zero-order valence-corrected chi connectivity index (χ0v) is 14.2. The van der Waals surface area contributed by atoms with Gasteiger partial charge in [-0.05, 0) is 24.7 Å². The molecular weight excluding hydrogens is 310 g/mol. The second-order valence-electron chi connectivity index (χ2n) is 8.30. The van der Waals surface area contributed by atoms with Crippen molar-refractivity contribution >= 4 is 17.7 Å². The molecule has 0 radical (unpaired) electrons. The van der Waals surface area contributed by atoms with E-state index < -0.39 is 0 Å². The SMILES string of the molecule is CC1(C)CN(C(=O)CN2C(=O)C3C4CCC(O4)C3C2=O)CCC1N. The van der Waals surface area contributed by atoms with Gasteiger partial charge in [0.15, 0.2) is 0 Å². The summed E-state index contributed by atoms with van der Waals surface area (Å²) in [5, 5.41) is 0. The Labute approximate surface area is 141 Å². The van der Waals surface area contributed by atoms with Crippen LogP contribution >= 0.6 is 0 Å². The van der Waals surface area contributed by atoms with Crippen molar-refractivity contribution in [2.45, 2.75) is 51.4 Å². The van der Waals surface area contributed by atoms with Gasteiger partial charge in [-0.15, -0.1) is 0 Å². The van der Waals surface area contributed by atoms with Crippen LogP contribution in [0.1, 0.15) is 33.1 Å². The van der Waals surface area contributed by atoms with Crippen LogP contribution in [0, 0.1) is 17.3 Å². The molecule has 4 heterocycles. The van der Waals surface area contributed by atoms with Crippen molar-refractivity contribution in [1.82, 2.24) is 9.80 Å². The Hall–Kier alpha value is -1.47. The molecule has 4 saturated heterocycles. The Balaban J connectivity index is 1.45. The number of likely N-dealkylation sites (tertiary alicyclic amines) is 2. The lowest BCUT2D eigenvalue weighted by Crippen LogP contribution is -2.56. The first-order valence-corrected chi connectivity index (χ1v) is 8.83. The first-order chi connectivity index (χ1) is 11.3. The summed E-state index contributed by atoms with van der Waals surface area (Å²) in [6.07, 6.45) is 2.14. The fourth-order valence-electron chi connectivity index (χ4n) is 4.75. The number of amides is 3. The summed E-state index contributed by atoms with van der Waals surface area (Å²) in [7, 11) is 0. The van der Waals surface area contributed by atoms with Gasteiger partial charge < -0.3 is 15.4 Å². The molecule has 0 aromatic carbocycles. The number of rotatable bonds is 2. The Bertz CT molecular complexity index is 577. The molecule has 2 bridgehead atoms. The quantitative estimate of drug-likeness (QED) is 0.702. The third-order valence-corrected chi connectivity index (χ3v) is 6.33. The number of carbonyl (C=O) groups excluding carboxylic acids is 3. The van der Waals surface area contributed by atoms with E-state index in [2.05, 4.69) is 0 Å². The van der Waals surface area contributed by atoms with Crippen molar-refractivity contribution in [1.29, 1.82) is 0 Å². The highest BCUT2D eigenvalue weighted by Gasteiger charge is 2.62. The van der Waals surface area contributed by atoms with Gasteiger partial charge in [0.1, 0.15) is 6.54 Å². The maximum absolute atomic E-state index is 12.6. The number of hydrogen-bond donors (Lipinski definition) is 1. The molecule has 0 spiro atoms. The van der Waals surface area contributed by atoms with Crippen molar-refractivity contribution in [3.8, 4) is 0 Å². The van der Waals surface area contributed by atoms with E-state index >= 15 is 0 Å². The van der Waals surface area contributed by atoms with Gasteiger partial charge >= 0.3 is 0 Å². The van der Waals surface area contributed by atoms with Crippen molar-refractivity contribution < 1.29 is 19.1 Å². The predicted octanol–water partition coefficient (Wildman–Crippen LogP) is -0.265. The summed E-state index contributed by atoms with van der Waals surface area (Å²) in [5.41, 5.74) is 5.96. The molecule has 0 aromatic heterocycles. The van der Waals surface area contributed by atoms with Crippen LogP contribution in [0.2, 0.25) is 0 Å². The van der Waals surface area contributed by atoms with E-state index in [1.54, 1.807) is 4.90 Å². The molecule has 0 saturated carbocycles. The zero-order valence-electron chi connectivity index (χ0n) is 14.2. The molecule has 2 N–H and O–H groups in total. The molecule has 3 amide bonds. The number of nitrogens with two attached hydrogens (primary N) is 1. The fraction of sp³-hybridized carbons (Fsp3) is 0.824. The minimum Gasteiger partial charge on any atom is -0.373 e. The average molecular weight is 335 g/mol. The molecule has 4 fully saturated rings. The van der Waals surface area contributed by atoms with Crippen LogP contribution in [0.15, 0.2) is 0 Å². The number of fused-ring (bicyclic) bond motifs is 5. The van der Waals surface area contributed by atoms with Crippen molar-refractivity contribution in [3.05, 3.63) is 0 Å². The molecule has 5 unspecified atom stereocenters. The summed E-state index contributed by atoms with van der Waals surface area (Å²) in [5.74, 6) is -1.34. The number of hydrogen-bond acceptors (Lipinski definition) is 5. The van der Waals surface area contributed by atoms with E-state index in [0.29, 0.717) is 13.1 Å². The minimum absolute atomic E-state index is 0.0590. The normalized spacial score (nSPS) is 40.4. The summed E-state index contributed by atoms with van der Waals surface area (Å²) in [4.78, 5) is 40.8. The van der Waals surface area contributed by atoms with Gasteiger partial charge in [0.05, 0.1) is 24.0 Å². The second kappa shape index (κ2) is 5.26. The molecule has 7 nitrogen and oxygen atoms in total. The first-order valence-electron chi connectivity index (χ1n) is 8.83. The molecule has 5 atom stereocenters. The summed E-state index contributed by atoms with van der Waals surface area (Å²) in [6, 6.07) is 0.0590. The third kappa shape index (κ3) is 2.21. The van der Waals surface area contributed by atoms with Gasteiger partial charge in [0, 0.05) is 19.1 Å². The van der Waals surface area contributed by atoms with E-state index in [-0.39, 0.29) is 59.8 Å². The molecule has 24 heavy (non-hydrogen) atoms. The van der Waals surface area contributed by atoms with Gasteiger partial charge in [-0.1, -0.05) is 13.8 Å². The molecule has 4 rings (SSSR count). The van der Waals surface area contributed by atoms with Crippen LogP contribution in [0.25, 0.3) is 0 Å². The lowest BCUT2D eigenvalue weighted by molar-refractivity contribution is -0.149. The Morgan fingerprint density at radius 3 is 2.29 bits per heavy atom. The topological polar surface area (TPSA) is 92.9 Å². The highest BCUT2D eigenvalue weighted by Crippen LogP contribution is 2.48. The monoisotopic (exact) mass is 335 g/mol. The molecule has 0 aromatic rings. The molecule has 132 valence electrons. The van der Waals surface area contributed by atoms with E-state index in [9.17, 15) is 14.4 Å². The largest absolute Gasteiger partial charge is 0.373 e. The second-order valence-corrected chi connectivity index (χ2v) is 8.30. The van der Waals surface area contributed by atoms with Crippen LogP contribution in [0.4, 0.5) is 0 Å². The number of nitrogens with zero attached hydrogens (tertiary/aromatic N) is 2. The lowest BCUT2D eigenvalue weighted by Gasteiger charge is -2.42. The Kier molecular flexibility index (Phi) is 3.51. The van der Waals surface area contributed by atoms with Gasteiger partial charge in [-0.25, -0.2) is 0 Å². The summed E-state index contributed by atoms with van der Waals surface area (Å²) >= 11 is 0. The predicted molar refractivity (Wildman–Crippen MR) is 84.5 cm³/mol. The van der Waals surface area contributed by atoms with Crippen molar-refractivity contribution in [3.63, 3.8) is 0 Å². The van der Waals surface area contributed by atoms with Crippen LogP contribution < -0.4 is 5.73 Å². The number of carbonyl (C=O) groups is 3. The van der Waals surface area contributed by atoms with Crippen LogP contribution in [-0.2, 0) is 19.1 Å². The van der Waals surface area contributed by atoms with Crippen LogP contribution in [-0.4, -0.2) is 65.4 Å². The van der Waals surface area contributed by atoms with E-state index in [1.807, 2.05) is 13.8 Å². The van der Waals surface area contributed by atoms with Crippen molar-refractivity contribution in [2.24, 2.45) is 23.0 Å². The number of ether oxygens (including phenoxy) is 1. The Morgan fingerprint density at radius 2 is 1.75 bits per heavy atom. The maximum Gasteiger partial charge on any atom is 0.242 e. The zero-order chi connectivity index (χ0) is 17.2. The van der Waals surface area contributed by atoms with Crippen LogP contribution in [0.5, 0.6) is 0 Å². The minimum atomic E-state index is -0.365. The highest BCUT2D eigenvalue weighted by atomic mass is 16.5. The van der Waals surface area contributed by atoms with Gasteiger partial charge in [-0.2, -0.15) is 0 Å². The molecule has 4 aliphatic rings. The van der Waals surface area contributed by atoms with Gasteiger partial charge in [0.2, 0.25) is 17.7 Å². The highest BCUT2D eigenvalue weighted by molar-refractivity contribution is 6.08. The molecular formula is C17H25N3O4. The average Bonchev–Trinajstić information content (AvgIpc) is 3.19.